The van der Waals surface area contributed by atoms with Crippen molar-refractivity contribution in [1.29, 1.82) is 0 Å². The number of benzene rings is 1. The van der Waals surface area contributed by atoms with E-state index in [2.05, 4.69) is 16.4 Å². The summed E-state index contributed by atoms with van der Waals surface area (Å²) in [6, 6.07) is 0. The number of hydrogen-bond acceptors (Lipinski definition) is 3. The summed E-state index contributed by atoms with van der Waals surface area (Å²) in [6.45, 7) is 1.84. The van der Waals surface area contributed by atoms with E-state index in [4.69, 9.17) is 0 Å². The van der Waals surface area contributed by atoms with Crippen LogP contribution >= 0.6 is 0 Å². The van der Waals surface area contributed by atoms with Crippen molar-refractivity contribution in [2.24, 2.45) is 0 Å². The maximum absolute atomic E-state index is 13.2. The molecule has 0 fully saturated rings. The zero-order valence-electron chi connectivity index (χ0n) is 8.65. The summed E-state index contributed by atoms with van der Waals surface area (Å²) >= 11 is 0. The molecule has 0 unspecified atom stereocenters. The third-order valence-electron chi connectivity index (χ3n) is 1.95. The van der Waals surface area contributed by atoms with Crippen LogP contribution in [0.2, 0.25) is 0 Å². The Balaban J connectivity index is 3.12. The number of methoxy groups -OCH3 is 1. The molecule has 0 saturated heterocycles. The van der Waals surface area contributed by atoms with Crippen molar-refractivity contribution in [3.8, 4) is 0 Å². The summed E-state index contributed by atoms with van der Waals surface area (Å²) in [7, 11) is 0.968. The van der Waals surface area contributed by atoms with E-state index in [9.17, 15) is 22.4 Å². The van der Waals surface area contributed by atoms with Gasteiger partial charge in [0.2, 0.25) is 0 Å². The monoisotopic (exact) mass is 251 g/mol. The Kier molecular flexibility index (Phi) is 3.93. The molecule has 17 heavy (non-hydrogen) atoms. The quantitative estimate of drug-likeness (QED) is 0.460. The molecule has 0 N–H and O–H groups in total. The summed E-state index contributed by atoms with van der Waals surface area (Å²) in [6.07, 6.45) is -1.23. The Labute approximate surface area is 93.9 Å². The fourth-order valence-electron chi connectivity index (χ4n) is 1.04. The zero-order valence-corrected chi connectivity index (χ0v) is 8.65. The topological polar surface area (TPSA) is 35.5 Å². The van der Waals surface area contributed by atoms with Crippen LogP contribution in [0, 0.1) is 30.2 Å². The number of hydrogen-bond donors (Lipinski definition) is 0. The van der Waals surface area contributed by atoms with Crippen LogP contribution in [0.25, 0.3) is 0 Å². The molecule has 93 valence electrons. The number of rotatable bonds is 2. The normalized spacial score (nSPS) is 10.2. The number of carbonyl (C=O) groups excluding carboxylic acids is 1. The first-order valence-electron chi connectivity index (χ1n) is 4.27. The third kappa shape index (κ3) is 2.48. The molecular weight excluding hydrogens is 244 g/mol. The average Bonchev–Trinajstić information content (AvgIpc) is 2.33. The van der Waals surface area contributed by atoms with Gasteiger partial charge in [-0.3, -0.25) is 0 Å². The Morgan fingerprint density at radius 2 is 1.59 bits per heavy atom. The van der Waals surface area contributed by atoms with Gasteiger partial charge < -0.3 is 9.47 Å². The fraction of sp³-hybridized carbons (Fsp3) is 0.200. The second kappa shape index (κ2) is 5.03. The van der Waals surface area contributed by atoms with Crippen molar-refractivity contribution in [1.82, 2.24) is 0 Å². The molecule has 1 aromatic carbocycles. The van der Waals surface area contributed by atoms with Gasteiger partial charge in [0.15, 0.2) is 23.3 Å². The maximum Gasteiger partial charge on any atom is 0.508 e. The second-order valence-electron chi connectivity index (χ2n) is 2.96. The first kappa shape index (κ1) is 13.3. The van der Waals surface area contributed by atoms with Crippen LogP contribution in [0.1, 0.15) is 11.1 Å². The van der Waals surface area contributed by atoms with Gasteiger partial charge in [-0.15, -0.1) is 0 Å². The molecule has 0 bridgehead atoms. The second-order valence-corrected chi connectivity index (χ2v) is 2.96. The van der Waals surface area contributed by atoms with Crippen molar-refractivity contribution in [3.05, 3.63) is 41.3 Å². The summed E-state index contributed by atoms with van der Waals surface area (Å²) in [5, 5.41) is 0. The zero-order chi connectivity index (χ0) is 13.2. The van der Waals surface area contributed by atoms with Gasteiger partial charge in [-0.2, -0.15) is 0 Å². The number of halogens is 4. The van der Waals surface area contributed by atoms with Gasteiger partial charge in [0.05, 0.1) is 12.7 Å². The lowest BCUT2D eigenvalue weighted by Crippen LogP contribution is -2.11. The lowest BCUT2D eigenvalue weighted by atomic mass is 10.1. The molecule has 0 spiro atoms. The molecule has 0 atom stereocenters. The van der Waals surface area contributed by atoms with Crippen LogP contribution in [-0.4, -0.2) is 13.3 Å². The van der Waals surface area contributed by atoms with Crippen LogP contribution in [0.5, 0.6) is 0 Å². The van der Waals surface area contributed by atoms with E-state index in [1.165, 1.54) is 0 Å². The van der Waals surface area contributed by atoms with Crippen LogP contribution in [-0.2, 0) is 16.1 Å². The van der Waals surface area contributed by atoms with Crippen molar-refractivity contribution < 1.29 is 31.8 Å². The summed E-state index contributed by atoms with van der Waals surface area (Å²) in [5.74, 6) is -6.57. The third-order valence-corrected chi connectivity index (χ3v) is 1.95. The van der Waals surface area contributed by atoms with Crippen molar-refractivity contribution in [2.75, 3.05) is 7.11 Å². The molecule has 3 nitrogen and oxygen atoms in total. The Morgan fingerprint density at radius 1 is 1.12 bits per heavy atom. The molecule has 0 amide bonds. The van der Waals surface area contributed by atoms with Crippen molar-refractivity contribution >= 4 is 6.16 Å². The van der Waals surface area contributed by atoms with Gasteiger partial charge in [-0.05, 0) is 6.92 Å². The molecule has 1 radical (unpaired) electrons. The Morgan fingerprint density at radius 3 is 2.00 bits per heavy atom. The smallest absolute Gasteiger partial charge is 0.438 e. The minimum absolute atomic E-state index is 0.968. The van der Waals surface area contributed by atoms with Gasteiger partial charge in [0.1, 0.15) is 6.61 Å². The van der Waals surface area contributed by atoms with E-state index < -0.39 is 47.2 Å². The average molecular weight is 251 g/mol. The first-order chi connectivity index (χ1) is 7.90. The molecule has 0 aliphatic carbocycles. The molecule has 0 heterocycles. The lowest BCUT2D eigenvalue weighted by molar-refractivity contribution is 0.0648. The minimum Gasteiger partial charge on any atom is -0.438 e. The predicted molar refractivity (Wildman–Crippen MR) is 47.9 cm³/mol. The maximum atomic E-state index is 13.2. The summed E-state index contributed by atoms with van der Waals surface area (Å²) < 4.78 is 60.7. The standard InChI is InChI=1S/C10H7F4O3/c1-4-6(11)8(13)5(9(14)7(4)12)3-17-10(15)16-2/h1,3H2,2H3. The van der Waals surface area contributed by atoms with E-state index in [0.29, 0.717) is 0 Å². The van der Waals surface area contributed by atoms with E-state index in [0.717, 1.165) is 7.11 Å². The van der Waals surface area contributed by atoms with E-state index in [1.807, 2.05) is 0 Å². The van der Waals surface area contributed by atoms with Crippen LogP contribution < -0.4 is 0 Å². The molecule has 1 aromatic rings. The van der Waals surface area contributed by atoms with Crippen LogP contribution in [0.15, 0.2) is 0 Å². The SMILES string of the molecule is [CH2]c1c(F)c(F)c(COC(=O)OC)c(F)c1F. The van der Waals surface area contributed by atoms with Crippen LogP contribution in [0.4, 0.5) is 22.4 Å². The minimum atomic E-state index is -1.65. The Bertz CT molecular complexity index is 430. The van der Waals surface area contributed by atoms with Gasteiger partial charge in [0, 0.05) is 5.56 Å². The highest BCUT2D eigenvalue weighted by Gasteiger charge is 2.23. The van der Waals surface area contributed by atoms with Gasteiger partial charge in [-0.25, -0.2) is 22.4 Å². The largest absolute Gasteiger partial charge is 0.508 e. The van der Waals surface area contributed by atoms with Gasteiger partial charge in [-0.1, -0.05) is 0 Å². The molecular formula is C10H7F4O3. The van der Waals surface area contributed by atoms with Crippen molar-refractivity contribution in [3.63, 3.8) is 0 Å². The van der Waals surface area contributed by atoms with Gasteiger partial charge >= 0.3 is 6.16 Å². The Hall–Kier alpha value is -1.79. The molecule has 7 heteroatoms. The van der Waals surface area contributed by atoms with Crippen molar-refractivity contribution in [2.45, 2.75) is 6.61 Å². The fourth-order valence-corrected chi connectivity index (χ4v) is 1.04. The van der Waals surface area contributed by atoms with Crippen LogP contribution in [0.3, 0.4) is 0 Å². The summed E-state index contributed by atoms with van der Waals surface area (Å²) in [5.41, 5.74) is -2.07. The first-order valence-corrected chi connectivity index (χ1v) is 4.27. The van der Waals surface area contributed by atoms with E-state index in [-0.39, 0.29) is 0 Å². The predicted octanol–water partition coefficient (Wildman–Crippen LogP) is 2.71. The molecule has 0 aliphatic heterocycles. The number of ether oxygens (including phenoxy) is 2. The van der Waals surface area contributed by atoms with E-state index in [1.54, 1.807) is 0 Å². The highest BCUT2D eigenvalue weighted by Crippen LogP contribution is 2.24. The highest BCUT2D eigenvalue weighted by atomic mass is 19.2. The number of carbonyl (C=O) groups is 1. The summed E-state index contributed by atoms with van der Waals surface area (Å²) in [4.78, 5) is 10.6. The molecule has 0 saturated carbocycles. The molecule has 0 aliphatic rings. The lowest BCUT2D eigenvalue weighted by Gasteiger charge is -2.09. The highest BCUT2D eigenvalue weighted by molar-refractivity contribution is 5.59. The van der Waals surface area contributed by atoms with Gasteiger partial charge in [0.25, 0.3) is 0 Å². The molecule has 0 aromatic heterocycles. The molecule has 1 rings (SSSR count). The van der Waals surface area contributed by atoms with E-state index >= 15 is 0 Å².